The average molecular weight is 572 g/mol. The fraction of sp³-hybridized carbons (Fsp3) is 0.500. The summed E-state index contributed by atoms with van der Waals surface area (Å²) in [5.41, 5.74) is 5.06. The van der Waals surface area contributed by atoms with Gasteiger partial charge in [-0.25, -0.2) is 9.37 Å². The minimum Gasteiger partial charge on any atom is -0.478 e. The molecule has 2 saturated heterocycles. The molecule has 0 bridgehead atoms. The Kier molecular flexibility index (Phi) is 7.87. The molecule has 5 rings (SSSR count). The van der Waals surface area contributed by atoms with Crippen LogP contribution < -0.4 is 26.2 Å². The van der Waals surface area contributed by atoms with E-state index in [0.717, 1.165) is 18.5 Å². The number of nitrogens with zero attached hydrogens (tertiary/aromatic N) is 5. The van der Waals surface area contributed by atoms with E-state index in [9.17, 15) is 9.59 Å². The minimum atomic E-state index is -1.19. The number of hydrogen-bond donors (Lipinski definition) is 2. The van der Waals surface area contributed by atoms with Gasteiger partial charge in [0.1, 0.15) is 10.7 Å². The second kappa shape index (κ2) is 11.2. The van der Waals surface area contributed by atoms with Crippen molar-refractivity contribution >= 4 is 45.9 Å². The van der Waals surface area contributed by atoms with E-state index in [4.69, 9.17) is 22.1 Å². The Morgan fingerprint density at radius 2 is 2.00 bits per heavy atom. The molecule has 1 aromatic carbocycles. The lowest BCUT2D eigenvalue weighted by Crippen LogP contribution is -2.54. The van der Waals surface area contributed by atoms with Crippen molar-refractivity contribution in [2.75, 3.05) is 49.5 Å². The van der Waals surface area contributed by atoms with E-state index in [1.807, 2.05) is 36.9 Å². The summed E-state index contributed by atoms with van der Waals surface area (Å²) in [6.45, 7) is 9.06. The zero-order chi connectivity index (χ0) is 28.6. The molecule has 10 nitrogen and oxygen atoms in total. The number of halogens is 2. The number of alkyl halides is 1. The van der Waals surface area contributed by atoms with Gasteiger partial charge in [0.25, 0.3) is 11.5 Å². The van der Waals surface area contributed by atoms with Crippen molar-refractivity contribution in [2.45, 2.75) is 45.3 Å². The number of benzene rings is 1. The maximum absolute atomic E-state index is 15.4. The molecule has 2 fully saturated rings. The van der Waals surface area contributed by atoms with Crippen molar-refractivity contribution in [1.29, 1.82) is 0 Å². The number of anilines is 3. The van der Waals surface area contributed by atoms with Gasteiger partial charge < -0.3 is 25.3 Å². The quantitative estimate of drug-likeness (QED) is 0.397. The second-order valence-corrected chi connectivity index (χ2v) is 11.6. The molecule has 0 radical (unpaired) electrons. The summed E-state index contributed by atoms with van der Waals surface area (Å²) in [7, 11) is 0. The number of nitrogens with two attached hydrogens (primary N) is 1. The number of primary amides is 1. The summed E-state index contributed by atoms with van der Waals surface area (Å²) in [5, 5.41) is 4.30. The Balaban J connectivity index is 1.35. The SMILES string of the molecule is CC1CN(CC2(F)CCN(c3ncc(Cl)c(Nc4ccc5c(c4)cc(OCC(N)=O)c(=O)n5C(C)C)n3)CC2)C1. The van der Waals surface area contributed by atoms with Crippen molar-refractivity contribution in [2.24, 2.45) is 11.7 Å². The lowest BCUT2D eigenvalue weighted by atomic mass is 9.90. The Labute approximate surface area is 237 Å². The first-order chi connectivity index (χ1) is 19.0. The van der Waals surface area contributed by atoms with Gasteiger partial charge in [0, 0.05) is 62.7 Å². The molecule has 12 heteroatoms. The molecule has 2 aliphatic heterocycles. The summed E-state index contributed by atoms with van der Waals surface area (Å²) in [4.78, 5) is 37.4. The minimum absolute atomic E-state index is 0.0390. The van der Waals surface area contributed by atoms with Gasteiger partial charge in [-0.2, -0.15) is 4.98 Å². The van der Waals surface area contributed by atoms with Gasteiger partial charge in [-0.15, -0.1) is 0 Å². The fourth-order valence-electron chi connectivity index (χ4n) is 5.52. The smallest absolute Gasteiger partial charge is 0.293 e. The van der Waals surface area contributed by atoms with Crippen molar-refractivity contribution in [3.63, 3.8) is 0 Å². The summed E-state index contributed by atoms with van der Waals surface area (Å²) in [5.74, 6) is 0.925. The number of ether oxygens (including phenoxy) is 1. The zero-order valence-electron chi connectivity index (χ0n) is 23.0. The number of pyridine rings is 1. The summed E-state index contributed by atoms with van der Waals surface area (Å²) >= 11 is 6.44. The molecule has 0 aliphatic carbocycles. The first-order valence-electron chi connectivity index (χ1n) is 13.6. The van der Waals surface area contributed by atoms with Crippen molar-refractivity contribution in [1.82, 2.24) is 19.4 Å². The van der Waals surface area contributed by atoms with Crippen LogP contribution in [0.4, 0.5) is 21.8 Å². The molecule has 2 aromatic heterocycles. The monoisotopic (exact) mass is 571 g/mol. The van der Waals surface area contributed by atoms with Crippen LogP contribution in [0.1, 0.15) is 39.7 Å². The van der Waals surface area contributed by atoms with Crippen molar-refractivity contribution < 1.29 is 13.9 Å². The number of piperidine rings is 1. The van der Waals surface area contributed by atoms with Crippen LogP contribution >= 0.6 is 11.6 Å². The van der Waals surface area contributed by atoms with Gasteiger partial charge in [-0.3, -0.25) is 14.5 Å². The van der Waals surface area contributed by atoms with E-state index in [-0.39, 0.29) is 17.4 Å². The van der Waals surface area contributed by atoms with Crippen LogP contribution in [-0.4, -0.2) is 70.3 Å². The van der Waals surface area contributed by atoms with Crippen LogP contribution in [0.25, 0.3) is 10.9 Å². The zero-order valence-corrected chi connectivity index (χ0v) is 23.7. The summed E-state index contributed by atoms with van der Waals surface area (Å²) in [6, 6.07) is 6.95. The highest BCUT2D eigenvalue weighted by Crippen LogP contribution is 2.33. The van der Waals surface area contributed by atoms with Gasteiger partial charge in [0.05, 0.1) is 11.7 Å². The molecule has 40 heavy (non-hydrogen) atoms. The molecule has 3 aromatic rings. The molecule has 2 aliphatic rings. The Morgan fingerprint density at radius 3 is 2.65 bits per heavy atom. The normalized spacial score (nSPS) is 17.7. The van der Waals surface area contributed by atoms with Gasteiger partial charge in [-0.1, -0.05) is 18.5 Å². The lowest BCUT2D eigenvalue weighted by molar-refractivity contribution is -0.119. The standard InChI is InChI=1S/C28H35ClFN7O3/c1-17(2)37-22-5-4-20(10-19(22)11-23(26(37)39)40-15-24(31)38)33-25-21(29)12-32-27(34-25)36-8-6-28(30,7-9-36)16-35-13-18(3)14-35/h4-5,10-12,17-18H,6-9,13-16H2,1-3H3,(H2,31,38)(H,32,33,34). The number of amides is 1. The Bertz CT molecular complexity index is 1470. The molecule has 0 spiro atoms. The summed E-state index contributed by atoms with van der Waals surface area (Å²) < 4.78 is 22.5. The molecule has 0 unspecified atom stereocenters. The number of nitrogens with one attached hydrogen (secondary N) is 1. The Morgan fingerprint density at radius 1 is 1.27 bits per heavy atom. The molecular weight excluding hydrogens is 537 g/mol. The molecule has 1 amide bonds. The highest BCUT2D eigenvalue weighted by molar-refractivity contribution is 6.32. The van der Waals surface area contributed by atoms with E-state index in [0.29, 0.717) is 66.4 Å². The van der Waals surface area contributed by atoms with Crippen LogP contribution in [0.2, 0.25) is 5.02 Å². The average Bonchev–Trinajstić information content (AvgIpc) is 2.88. The van der Waals surface area contributed by atoms with Gasteiger partial charge in [0.15, 0.2) is 18.2 Å². The molecule has 0 atom stereocenters. The van der Waals surface area contributed by atoms with E-state index in [1.54, 1.807) is 10.6 Å². The first kappa shape index (κ1) is 28.1. The lowest BCUT2D eigenvalue weighted by Gasteiger charge is -2.44. The van der Waals surface area contributed by atoms with Gasteiger partial charge in [-0.05, 0) is 44.0 Å². The van der Waals surface area contributed by atoms with E-state index < -0.39 is 18.2 Å². The van der Waals surface area contributed by atoms with Crippen LogP contribution in [-0.2, 0) is 4.79 Å². The largest absolute Gasteiger partial charge is 0.478 e. The third-order valence-electron chi connectivity index (χ3n) is 7.47. The number of likely N-dealkylation sites (tertiary alicyclic amines) is 1. The van der Waals surface area contributed by atoms with Crippen LogP contribution in [0.15, 0.2) is 35.3 Å². The topological polar surface area (TPSA) is 119 Å². The summed E-state index contributed by atoms with van der Waals surface area (Å²) in [6.07, 6.45) is 2.39. The highest BCUT2D eigenvalue weighted by atomic mass is 35.5. The molecular formula is C28H35ClFN7O3. The first-order valence-corrected chi connectivity index (χ1v) is 14.0. The maximum Gasteiger partial charge on any atom is 0.293 e. The number of hydrogen-bond acceptors (Lipinski definition) is 8. The Hall–Kier alpha value is -3.44. The number of fused-ring (bicyclic) bond motifs is 1. The third-order valence-corrected chi connectivity index (χ3v) is 7.75. The highest BCUT2D eigenvalue weighted by Gasteiger charge is 2.39. The number of rotatable bonds is 9. The second-order valence-electron chi connectivity index (χ2n) is 11.2. The predicted octanol–water partition coefficient (Wildman–Crippen LogP) is 3.89. The van der Waals surface area contributed by atoms with Crippen LogP contribution in [0.3, 0.4) is 0 Å². The molecule has 214 valence electrons. The van der Waals surface area contributed by atoms with Crippen LogP contribution in [0.5, 0.6) is 5.75 Å². The van der Waals surface area contributed by atoms with Gasteiger partial charge >= 0.3 is 0 Å². The third kappa shape index (κ3) is 6.00. The number of carbonyl (C=O) groups is 1. The van der Waals surface area contributed by atoms with E-state index >= 15 is 4.39 Å². The maximum atomic E-state index is 15.4. The van der Waals surface area contributed by atoms with Gasteiger partial charge in [0.2, 0.25) is 5.95 Å². The molecule has 0 saturated carbocycles. The van der Waals surface area contributed by atoms with Crippen LogP contribution in [0, 0.1) is 5.92 Å². The molecule has 4 heterocycles. The van der Waals surface area contributed by atoms with E-state index in [1.165, 1.54) is 6.20 Å². The number of aromatic nitrogens is 3. The van der Waals surface area contributed by atoms with Crippen molar-refractivity contribution in [3.05, 3.63) is 45.8 Å². The van der Waals surface area contributed by atoms with E-state index in [2.05, 4.69) is 27.1 Å². The van der Waals surface area contributed by atoms with Crippen molar-refractivity contribution in [3.8, 4) is 5.75 Å². The number of carbonyl (C=O) groups excluding carboxylic acids is 1. The fourth-order valence-corrected chi connectivity index (χ4v) is 5.66. The molecule has 3 N–H and O–H groups in total. The predicted molar refractivity (Wildman–Crippen MR) is 154 cm³/mol.